The zero-order chi connectivity index (χ0) is 18.5. The molecule has 2 aromatic rings. The van der Waals surface area contributed by atoms with Crippen LogP contribution in [0.25, 0.3) is 0 Å². The highest BCUT2D eigenvalue weighted by Gasteiger charge is 2.32. The highest BCUT2D eigenvalue weighted by molar-refractivity contribution is 5.90. The molecule has 0 saturated heterocycles. The highest BCUT2D eigenvalue weighted by Crippen LogP contribution is 2.33. The summed E-state index contributed by atoms with van der Waals surface area (Å²) in [6.07, 6.45) is 0.814. The number of hydrogen-bond acceptors (Lipinski definition) is 3. The number of ether oxygens (including phenoxy) is 1. The van der Waals surface area contributed by atoms with E-state index in [0.29, 0.717) is 25.3 Å². The second kappa shape index (κ2) is 7.99. The fraction of sp³-hybridized carbons (Fsp3) is 0.300. The number of carbonyl (C=O) groups is 2. The van der Waals surface area contributed by atoms with Gasteiger partial charge < -0.3 is 15.0 Å². The van der Waals surface area contributed by atoms with Crippen molar-refractivity contribution < 1.29 is 18.7 Å². The molecule has 1 aliphatic heterocycles. The molecule has 5 nitrogen and oxygen atoms in total. The molecule has 0 radical (unpaired) electrons. The van der Waals surface area contributed by atoms with Gasteiger partial charge in [-0.15, -0.1) is 0 Å². The summed E-state index contributed by atoms with van der Waals surface area (Å²) in [5.41, 5.74) is 2.60. The minimum Gasteiger partial charge on any atom is -0.466 e. The van der Waals surface area contributed by atoms with E-state index in [2.05, 4.69) is 5.32 Å². The lowest BCUT2D eigenvalue weighted by Gasteiger charge is -2.36. The van der Waals surface area contributed by atoms with Crippen LogP contribution in [-0.4, -0.2) is 30.1 Å². The molecule has 0 aliphatic carbocycles. The SMILES string of the molecule is CCOC(=O)C[C@@H]1c2ccccc2CCN1C(=O)Nc1ccc(F)cc1. The van der Waals surface area contributed by atoms with Crippen molar-refractivity contribution in [3.8, 4) is 0 Å². The van der Waals surface area contributed by atoms with Gasteiger partial charge in [-0.1, -0.05) is 24.3 Å². The third-order valence-electron chi connectivity index (χ3n) is 4.43. The van der Waals surface area contributed by atoms with Crippen molar-refractivity contribution in [3.05, 3.63) is 65.5 Å². The van der Waals surface area contributed by atoms with Gasteiger partial charge in [-0.2, -0.15) is 0 Å². The van der Waals surface area contributed by atoms with Crippen molar-refractivity contribution in [2.45, 2.75) is 25.8 Å². The molecule has 0 unspecified atom stereocenters. The van der Waals surface area contributed by atoms with Crippen molar-refractivity contribution in [2.75, 3.05) is 18.5 Å². The summed E-state index contributed by atoms with van der Waals surface area (Å²) in [6, 6.07) is 12.7. The molecule has 26 heavy (non-hydrogen) atoms. The van der Waals surface area contributed by atoms with Crippen LogP contribution in [0.1, 0.15) is 30.5 Å². The molecule has 136 valence electrons. The quantitative estimate of drug-likeness (QED) is 0.845. The first-order valence-electron chi connectivity index (χ1n) is 8.65. The van der Waals surface area contributed by atoms with Crippen molar-refractivity contribution in [1.29, 1.82) is 0 Å². The number of carbonyl (C=O) groups excluding carboxylic acids is 2. The number of fused-ring (bicyclic) bond motifs is 1. The first-order valence-corrected chi connectivity index (χ1v) is 8.65. The summed E-state index contributed by atoms with van der Waals surface area (Å²) in [5, 5.41) is 2.77. The predicted octanol–water partition coefficient (Wildman–Crippen LogP) is 3.91. The van der Waals surface area contributed by atoms with Crippen LogP contribution < -0.4 is 5.32 Å². The number of halogens is 1. The Morgan fingerprint density at radius 3 is 2.65 bits per heavy atom. The van der Waals surface area contributed by atoms with E-state index in [0.717, 1.165) is 11.1 Å². The Balaban J connectivity index is 1.82. The van der Waals surface area contributed by atoms with Crippen LogP contribution in [0.5, 0.6) is 0 Å². The van der Waals surface area contributed by atoms with E-state index in [1.54, 1.807) is 11.8 Å². The maximum absolute atomic E-state index is 13.0. The van der Waals surface area contributed by atoms with E-state index in [4.69, 9.17) is 4.74 Å². The molecule has 0 saturated carbocycles. The standard InChI is InChI=1S/C20H21FN2O3/c1-2-26-19(24)13-18-17-6-4-3-5-14(17)11-12-23(18)20(25)22-16-9-7-15(21)8-10-16/h3-10,18H,2,11-13H2,1H3,(H,22,25)/t18-/m1/s1. The number of benzene rings is 2. The second-order valence-electron chi connectivity index (χ2n) is 6.10. The number of hydrogen-bond donors (Lipinski definition) is 1. The Bertz CT molecular complexity index is 792. The van der Waals surface area contributed by atoms with E-state index in [9.17, 15) is 14.0 Å². The summed E-state index contributed by atoms with van der Waals surface area (Å²) in [7, 11) is 0. The zero-order valence-corrected chi connectivity index (χ0v) is 14.6. The van der Waals surface area contributed by atoms with E-state index >= 15 is 0 Å². The lowest BCUT2D eigenvalue weighted by molar-refractivity contribution is -0.144. The number of nitrogens with zero attached hydrogens (tertiary/aromatic N) is 1. The summed E-state index contributed by atoms with van der Waals surface area (Å²) >= 11 is 0. The van der Waals surface area contributed by atoms with Gasteiger partial charge in [0.15, 0.2) is 0 Å². The lowest BCUT2D eigenvalue weighted by atomic mass is 9.91. The molecule has 2 aromatic carbocycles. The van der Waals surface area contributed by atoms with Gasteiger partial charge in [0.1, 0.15) is 5.82 Å². The fourth-order valence-corrected chi connectivity index (χ4v) is 3.22. The van der Waals surface area contributed by atoms with E-state index < -0.39 is 0 Å². The van der Waals surface area contributed by atoms with Crippen LogP contribution in [0.3, 0.4) is 0 Å². The summed E-state index contributed by atoms with van der Waals surface area (Å²) in [4.78, 5) is 26.5. The first-order chi connectivity index (χ1) is 12.6. The Hall–Kier alpha value is -2.89. The van der Waals surface area contributed by atoms with Gasteiger partial charge in [-0.05, 0) is 48.7 Å². The minimum absolute atomic E-state index is 0.0989. The molecule has 1 aliphatic rings. The van der Waals surface area contributed by atoms with Crippen LogP contribution in [0, 0.1) is 5.82 Å². The molecule has 1 atom stereocenters. The third-order valence-corrected chi connectivity index (χ3v) is 4.43. The van der Waals surface area contributed by atoms with Gasteiger partial charge in [-0.3, -0.25) is 4.79 Å². The molecule has 0 fully saturated rings. The Labute approximate surface area is 151 Å². The summed E-state index contributed by atoms with van der Waals surface area (Å²) in [6.45, 7) is 2.55. The van der Waals surface area contributed by atoms with Gasteiger partial charge in [0.2, 0.25) is 0 Å². The van der Waals surface area contributed by atoms with Gasteiger partial charge in [0, 0.05) is 12.2 Å². The average molecular weight is 356 g/mol. The maximum atomic E-state index is 13.0. The van der Waals surface area contributed by atoms with Gasteiger partial charge in [0.25, 0.3) is 0 Å². The topological polar surface area (TPSA) is 58.6 Å². The molecule has 1 N–H and O–H groups in total. The Morgan fingerprint density at radius 2 is 1.92 bits per heavy atom. The Morgan fingerprint density at radius 1 is 1.19 bits per heavy atom. The van der Waals surface area contributed by atoms with Crippen LogP contribution in [0.15, 0.2) is 48.5 Å². The maximum Gasteiger partial charge on any atom is 0.322 e. The summed E-state index contributed by atoms with van der Waals surface area (Å²) in [5.74, 6) is -0.705. The second-order valence-corrected chi connectivity index (χ2v) is 6.10. The number of rotatable bonds is 4. The molecule has 6 heteroatoms. The molecular formula is C20H21FN2O3. The summed E-state index contributed by atoms with van der Waals surface area (Å²) < 4.78 is 18.1. The lowest BCUT2D eigenvalue weighted by Crippen LogP contribution is -2.43. The number of anilines is 1. The monoisotopic (exact) mass is 356 g/mol. The van der Waals surface area contributed by atoms with Crippen molar-refractivity contribution >= 4 is 17.7 Å². The number of urea groups is 1. The van der Waals surface area contributed by atoms with E-state index in [-0.39, 0.29) is 30.3 Å². The number of amides is 2. The van der Waals surface area contributed by atoms with Crippen molar-refractivity contribution in [1.82, 2.24) is 4.90 Å². The fourth-order valence-electron chi connectivity index (χ4n) is 3.22. The largest absolute Gasteiger partial charge is 0.466 e. The van der Waals surface area contributed by atoms with Crippen LogP contribution in [0.4, 0.5) is 14.9 Å². The molecule has 3 rings (SSSR count). The van der Waals surface area contributed by atoms with Crippen LogP contribution >= 0.6 is 0 Å². The first kappa shape index (κ1) is 17.9. The van der Waals surface area contributed by atoms with E-state index in [1.165, 1.54) is 24.3 Å². The van der Waals surface area contributed by atoms with Gasteiger partial charge >= 0.3 is 12.0 Å². The third kappa shape index (κ3) is 4.02. The normalized spacial score (nSPS) is 15.9. The molecular weight excluding hydrogens is 335 g/mol. The smallest absolute Gasteiger partial charge is 0.322 e. The van der Waals surface area contributed by atoms with Gasteiger partial charge in [-0.25, -0.2) is 9.18 Å². The molecule has 0 bridgehead atoms. The van der Waals surface area contributed by atoms with Crippen molar-refractivity contribution in [3.63, 3.8) is 0 Å². The molecule has 1 heterocycles. The molecule has 0 spiro atoms. The van der Waals surface area contributed by atoms with Crippen LogP contribution in [-0.2, 0) is 16.0 Å². The number of nitrogens with one attached hydrogen (secondary N) is 1. The predicted molar refractivity (Wildman–Crippen MR) is 96.3 cm³/mol. The molecule has 2 amide bonds. The molecule has 0 aromatic heterocycles. The zero-order valence-electron chi connectivity index (χ0n) is 14.6. The van der Waals surface area contributed by atoms with E-state index in [1.807, 2.05) is 24.3 Å². The van der Waals surface area contributed by atoms with Crippen molar-refractivity contribution in [2.24, 2.45) is 0 Å². The Kier molecular flexibility index (Phi) is 5.51. The number of esters is 1. The highest BCUT2D eigenvalue weighted by atomic mass is 19.1. The average Bonchev–Trinajstić information content (AvgIpc) is 2.64. The van der Waals surface area contributed by atoms with Crippen LogP contribution in [0.2, 0.25) is 0 Å². The van der Waals surface area contributed by atoms with Gasteiger partial charge in [0.05, 0.1) is 19.1 Å². The minimum atomic E-state index is -0.389.